The van der Waals surface area contributed by atoms with Crippen molar-refractivity contribution in [2.24, 2.45) is 0 Å². The molecule has 0 saturated heterocycles. The zero-order valence-corrected chi connectivity index (χ0v) is 10.2. The van der Waals surface area contributed by atoms with Gasteiger partial charge in [-0.05, 0) is 44.0 Å². The average Bonchev–Trinajstić information content (AvgIpc) is 2.22. The lowest BCUT2D eigenvalue weighted by atomic mass is 9.93. The van der Waals surface area contributed by atoms with Gasteiger partial charge in [0.2, 0.25) is 0 Å². The van der Waals surface area contributed by atoms with Crippen LogP contribution in [0.1, 0.15) is 25.0 Å². The zero-order valence-electron chi connectivity index (χ0n) is 10.2. The highest BCUT2D eigenvalue weighted by Crippen LogP contribution is 2.20. The summed E-state index contributed by atoms with van der Waals surface area (Å²) in [6.45, 7) is 5.50. The third-order valence-corrected chi connectivity index (χ3v) is 3.05. The fraction of sp³-hybridized carbons (Fsp3) is 0.538. The topological polar surface area (TPSA) is 29.5 Å². The number of halogens is 1. The lowest BCUT2D eigenvalue weighted by molar-refractivity contribution is -0.0765. The Morgan fingerprint density at radius 2 is 2.06 bits per heavy atom. The monoisotopic (exact) mass is 226 g/mol. The molecule has 90 valence electrons. The second kappa shape index (κ2) is 4.93. The standard InChI is InChI=1S/C13H19FO2/c1-9-7-11(14)6-5-10(9)8-12(15)13(2,3)16-4/h5-7,12,15H,8H2,1-4H3. The molecule has 1 aromatic rings. The Balaban J connectivity index is 2.81. The summed E-state index contributed by atoms with van der Waals surface area (Å²) in [7, 11) is 1.57. The summed E-state index contributed by atoms with van der Waals surface area (Å²) in [6.07, 6.45) is -0.144. The minimum absolute atomic E-state index is 0.248. The Morgan fingerprint density at radius 1 is 1.44 bits per heavy atom. The number of rotatable bonds is 4. The van der Waals surface area contributed by atoms with Crippen LogP contribution in [0.15, 0.2) is 18.2 Å². The van der Waals surface area contributed by atoms with Crippen LogP contribution in [0.2, 0.25) is 0 Å². The molecule has 0 aliphatic rings. The van der Waals surface area contributed by atoms with Crippen molar-refractivity contribution >= 4 is 0 Å². The molecule has 0 aromatic heterocycles. The van der Waals surface area contributed by atoms with Crippen LogP contribution in [-0.4, -0.2) is 23.9 Å². The quantitative estimate of drug-likeness (QED) is 0.854. The molecule has 1 unspecified atom stereocenters. The van der Waals surface area contributed by atoms with Crippen LogP contribution >= 0.6 is 0 Å². The molecule has 0 bridgehead atoms. The largest absolute Gasteiger partial charge is 0.390 e. The van der Waals surface area contributed by atoms with E-state index in [4.69, 9.17) is 4.74 Å². The fourth-order valence-corrected chi connectivity index (χ4v) is 1.48. The molecule has 16 heavy (non-hydrogen) atoms. The van der Waals surface area contributed by atoms with Gasteiger partial charge in [-0.25, -0.2) is 4.39 Å². The Labute approximate surface area is 96.1 Å². The van der Waals surface area contributed by atoms with E-state index in [1.165, 1.54) is 12.1 Å². The molecule has 0 fully saturated rings. The summed E-state index contributed by atoms with van der Waals surface area (Å²) in [4.78, 5) is 0. The van der Waals surface area contributed by atoms with Crippen LogP contribution in [0, 0.1) is 12.7 Å². The van der Waals surface area contributed by atoms with Gasteiger partial charge in [-0.15, -0.1) is 0 Å². The van der Waals surface area contributed by atoms with Gasteiger partial charge in [0, 0.05) is 13.5 Å². The molecule has 1 aromatic carbocycles. The van der Waals surface area contributed by atoms with Crippen molar-refractivity contribution in [2.45, 2.75) is 38.9 Å². The molecule has 1 N–H and O–H groups in total. The highest BCUT2D eigenvalue weighted by Gasteiger charge is 2.27. The van der Waals surface area contributed by atoms with Gasteiger partial charge in [0.25, 0.3) is 0 Å². The van der Waals surface area contributed by atoms with Crippen LogP contribution in [-0.2, 0) is 11.2 Å². The van der Waals surface area contributed by atoms with E-state index in [1.807, 2.05) is 20.8 Å². The second-order valence-corrected chi connectivity index (χ2v) is 4.60. The predicted molar refractivity (Wildman–Crippen MR) is 61.9 cm³/mol. The van der Waals surface area contributed by atoms with Crippen molar-refractivity contribution in [1.29, 1.82) is 0 Å². The Kier molecular flexibility index (Phi) is 4.05. The summed E-state index contributed by atoms with van der Waals surface area (Å²) in [5.74, 6) is -0.248. The number of aliphatic hydroxyl groups is 1. The number of ether oxygens (including phenoxy) is 1. The van der Waals surface area contributed by atoms with Crippen molar-refractivity contribution in [3.8, 4) is 0 Å². The first kappa shape index (κ1) is 13.1. The van der Waals surface area contributed by atoms with Gasteiger partial charge in [0.15, 0.2) is 0 Å². The lowest BCUT2D eigenvalue weighted by Crippen LogP contribution is -2.39. The molecule has 1 rings (SSSR count). The van der Waals surface area contributed by atoms with Crippen molar-refractivity contribution in [3.63, 3.8) is 0 Å². The van der Waals surface area contributed by atoms with Crippen molar-refractivity contribution in [3.05, 3.63) is 35.1 Å². The van der Waals surface area contributed by atoms with Crippen LogP contribution in [0.4, 0.5) is 4.39 Å². The molecule has 0 radical (unpaired) electrons. The first-order chi connectivity index (χ1) is 7.36. The van der Waals surface area contributed by atoms with E-state index in [9.17, 15) is 9.50 Å². The molecule has 0 spiro atoms. The fourth-order valence-electron chi connectivity index (χ4n) is 1.48. The van der Waals surface area contributed by atoms with Gasteiger partial charge < -0.3 is 9.84 Å². The van der Waals surface area contributed by atoms with Crippen molar-refractivity contribution in [1.82, 2.24) is 0 Å². The van der Waals surface area contributed by atoms with Gasteiger partial charge in [-0.3, -0.25) is 0 Å². The number of aryl methyl sites for hydroxylation is 1. The summed E-state index contributed by atoms with van der Waals surface area (Å²) in [6, 6.07) is 4.59. The van der Waals surface area contributed by atoms with Crippen molar-refractivity contribution < 1.29 is 14.2 Å². The molecule has 0 heterocycles. The van der Waals surface area contributed by atoms with Crippen molar-refractivity contribution in [2.75, 3.05) is 7.11 Å². The van der Waals surface area contributed by atoms with Gasteiger partial charge in [0.1, 0.15) is 5.82 Å². The second-order valence-electron chi connectivity index (χ2n) is 4.60. The normalized spacial score (nSPS) is 13.9. The number of benzene rings is 1. The van der Waals surface area contributed by atoms with Crippen LogP contribution in [0.5, 0.6) is 0 Å². The van der Waals surface area contributed by atoms with E-state index in [1.54, 1.807) is 13.2 Å². The Morgan fingerprint density at radius 3 is 2.56 bits per heavy atom. The Bertz CT molecular complexity index is 361. The van der Waals surface area contributed by atoms with Gasteiger partial charge in [-0.2, -0.15) is 0 Å². The van der Waals surface area contributed by atoms with E-state index in [0.29, 0.717) is 6.42 Å². The number of methoxy groups -OCH3 is 1. The van der Waals surface area contributed by atoms with Gasteiger partial charge in [0.05, 0.1) is 11.7 Å². The van der Waals surface area contributed by atoms with E-state index >= 15 is 0 Å². The first-order valence-corrected chi connectivity index (χ1v) is 5.35. The van der Waals surface area contributed by atoms with E-state index in [2.05, 4.69) is 0 Å². The molecule has 0 aliphatic carbocycles. The molecule has 0 amide bonds. The first-order valence-electron chi connectivity index (χ1n) is 5.35. The summed E-state index contributed by atoms with van der Waals surface area (Å²) >= 11 is 0. The van der Waals surface area contributed by atoms with Gasteiger partial charge in [-0.1, -0.05) is 6.07 Å². The molecular formula is C13H19FO2. The molecule has 0 saturated carbocycles. The smallest absolute Gasteiger partial charge is 0.123 e. The molecular weight excluding hydrogens is 207 g/mol. The average molecular weight is 226 g/mol. The third-order valence-electron chi connectivity index (χ3n) is 3.05. The molecule has 1 atom stereocenters. The van der Waals surface area contributed by atoms with Crippen LogP contribution in [0.3, 0.4) is 0 Å². The Hall–Kier alpha value is -0.930. The minimum Gasteiger partial charge on any atom is -0.390 e. The SMILES string of the molecule is COC(C)(C)C(O)Cc1ccc(F)cc1C. The lowest BCUT2D eigenvalue weighted by Gasteiger charge is -2.29. The third kappa shape index (κ3) is 3.03. The number of hydrogen-bond acceptors (Lipinski definition) is 2. The zero-order chi connectivity index (χ0) is 12.3. The molecule has 0 aliphatic heterocycles. The minimum atomic E-state index is -0.610. The number of aliphatic hydroxyl groups excluding tert-OH is 1. The summed E-state index contributed by atoms with van der Waals surface area (Å²) in [5.41, 5.74) is 1.20. The van der Waals surface area contributed by atoms with Gasteiger partial charge >= 0.3 is 0 Å². The maximum Gasteiger partial charge on any atom is 0.123 e. The summed E-state index contributed by atoms with van der Waals surface area (Å²) < 4.78 is 18.1. The highest BCUT2D eigenvalue weighted by molar-refractivity contribution is 5.27. The predicted octanol–water partition coefficient (Wildman–Crippen LogP) is 2.46. The highest BCUT2D eigenvalue weighted by atomic mass is 19.1. The summed E-state index contributed by atoms with van der Waals surface area (Å²) in [5, 5.41) is 10.0. The number of hydrogen-bond donors (Lipinski definition) is 1. The molecule has 2 nitrogen and oxygen atoms in total. The van der Waals surface area contributed by atoms with E-state index < -0.39 is 11.7 Å². The van der Waals surface area contributed by atoms with Crippen LogP contribution < -0.4 is 0 Å². The van der Waals surface area contributed by atoms with E-state index in [0.717, 1.165) is 11.1 Å². The maximum absolute atomic E-state index is 12.9. The van der Waals surface area contributed by atoms with E-state index in [-0.39, 0.29) is 5.82 Å². The van der Waals surface area contributed by atoms with Crippen LogP contribution in [0.25, 0.3) is 0 Å². The molecule has 3 heteroatoms. The maximum atomic E-state index is 12.9.